The van der Waals surface area contributed by atoms with Gasteiger partial charge in [0.1, 0.15) is 0 Å². The molecule has 0 amide bonds. The Morgan fingerprint density at radius 1 is 1.40 bits per heavy atom. The summed E-state index contributed by atoms with van der Waals surface area (Å²) in [7, 11) is 0. The van der Waals surface area contributed by atoms with Gasteiger partial charge in [-0.05, 0) is 24.6 Å². The molecular weight excluding hydrogens is 267 g/mol. The van der Waals surface area contributed by atoms with Crippen molar-refractivity contribution in [3.63, 3.8) is 0 Å². The van der Waals surface area contributed by atoms with Crippen LogP contribution in [-0.2, 0) is 0 Å². The number of pyridine rings is 1. The first-order chi connectivity index (χ1) is 9.47. The fourth-order valence-electron chi connectivity index (χ4n) is 1.50. The van der Waals surface area contributed by atoms with Crippen LogP contribution in [0.5, 0.6) is 11.6 Å². The number of hydrogen-bond acceptors (Lipinski definition) is 5. The fourth-order valence-corrected chi connectivity index (χ4v) is 1.50. The number of nitrogens with zero attached hydrogens (tertiary/aromatic N) is 2. The number of aromatic nitrogens is 1. The van der Waals surface area contributed by atoms with E-state index in [-0.39, 0.29) is 17.3 Å². The van der Waals surface area contributed by atoms with Gasteiger partial charge in [-0.3, -0.25) is 10.1 Å². The molecule has 1 aromatic heterocycles. The van der Waals surface area contributed by atoms with Crippen molar-refractivity contribution < 1.29 is 19.2 Å². The lowest BCUT2D eigenvalue weighted by atomic mass is 10.2. The molecule has 20 heavy (non-hydrogen) atoms. The number of nitro groups is 1. The quantitative estimate of drug-likeness (QED) is 0.686. The Morgan fingerprint density at radius 2 is 2.15 bits per heavy atom. The van der Waals surface area contributed by atoms with Gasteiger partial charge in [-0.2, -0.15) is 0 Å². The van der Waals surface area contributed by atoms with Gasteiger partial charge in [0, 0.05) is 18.3 Å². The Balaban J connectivity index is 2.19. The van der Waals surface area contributed by atoms with Crippen LogP contribution in [0, 0.1) is 15.9 Å². The van der Waals surface area contributed by atoms with E-state index in [2.05, 4.69) is 4.98 Å². The zero-order valence-corrected chi connectivity index (χ0v) is 10.5. The minimum absolute atomic E-state index is 0.127. The van der Waals surface area contributed by atoms with E-state index in [0.717, 1.165) is 18.2 Å². The van der Waals surface area contributed by atoms with Crippen LogP contribution in [0.25, 0.3) is 0 Å². The molecule has 0 aliphatic heterocycles. The molecule has 0 radical (unpaired) electrons. The normalized spacial score (nSPS) is 11.9. The van der Waals surface area contributed by atoms with Gasteiger partial charge in [-0.25, -0.2) is 9.37 Å². The van der Waals surface area contributed by atoms with E-state index in [1.807, 2.05) is 0 Å². The lowest BCUT2D eigenvalue weighted by Crippen LogP contribution is -1.95. The first-order valence-corrected chi connectivity index (χ1v) is 5.73. The SMILES string of the molecule is CC(O)c1ccc(Oc2ccc([N+](=O)[O-])cc2F)nc1. The highest BCUT2D eigenvalue weighted by molar-refractivity contribution is 5.39. The average molecular weight is 278 g/mol. The number of aliphatic hydroxyl groups excluding tert-OH is 1. The van der Waals surface area contributed by atoms with Crippen LogP contribution in [0.3, 0.4) is 0 Å². The first kappa shape index (κ1) is 13.9. The second-order valence-electron chi connectivity index (χ2n) is 4.08. The Morgan fingerprint density at radius 3 is 2.65 bits per heavy atom. The Bertz CT molecular complexity index is 629. The highest BCUT2D eigenvalue weighted by atomic mass is 19.1. The Hall–Kier alpha value is -2.54. The molecule has 104 valence electrons. The lowest BCUT2D eigenvalue weighted by molar-refractivity contribution is -0.385. The van der Waals surface area contributed by atoms with Gasteiger partial charge in [0.2, 0.25) is 5.88 Å². The molecule has 0 spiro atoms. The molecular formula is C13H11FN2O4. The number of ether oxygens (including phenoxy) is 1. The molecule has 0 aliphatic rings. The molecule has 0 fully saturated rings. The molecule has 1 aromatic carbocycles. The summed E-state index contributed by atoms with van der Waals surface area (Å²) in [6.45, 7) is 1.59. The molecule has 0 saturated carbocycles. The van der Waals surface area contributed by atoms with Gasteiger partial charge in [0.15, 0.2) is 11.6 Å². The zero-order chi connectivity index (χ0) is 14.7. The van der Waals surface area contributed by atoms with Crippen LogP contribution >= 0.6 is 0 Å². The van der Waals surface area contributed by atoms with Crippen molar-refractivity contribution >= 4 is 5.69 Å². The molecule has 6 nitrogen and oxygen atoms in total. The minimum Gasteiger partial charge on any atom is -0.436 e. The number of rotatable bonds is 4. The van der Waals surface area contributed by atoms with Crippen molar-refractivity contribution in [1.82, 2.24) is 4.98 Å². The number of benzene rings is 1. The minimum atomic E-state index is -0.847. The predicted molar refractivity (Wildman–Crippen MR) is 68.0 cm³/mol. The van der Waals surface area contributed by atoms with E-state index < -0.39 is 16.8 Å². The van der Waals surface area contributed by atoms with E-state index in [4.69, 9.17) is 4.74 Å². The predicted octanol–water partition coefficient (Wildman–Crippen LogP) is 2.97. The largest absolute Gasteiger partial charge is 0.436 e. The van der Waals surface area contributed by atoms with E-state index in [9.17, 15) is 19.6 Å². The molecule has 2 aromatic rings. The van der Waals surface area contributed by atoms with Crippen LogP contribution in [0.2, 0.25) is 0 Å². The lowest BCUT2D eigenvalue weighted by Gasteiger charge is -2.07. The molecule has 0 saturated heterocycles. The van der Waals surface area contributed by atoms with Crippen LogP contribution < -0.4 is 4.74 Å². The average Bonchev–Trinajstić information content (AvgIpc) is 2.41. The first-order valence-electron chi connectivity index (χ1n) is 5.73. The third kappa shape index (κ3) is 3.07. The molecule has 7 heteroatoms. The van der Waals surface area contributed by atoms with Crippen LogP contribution in [-0.4, -0.2) is 15.0 Å². The Kier molecular flexibility index (Phi) is 3.90. The monoisotopic (exact) mass is 278 g/mol. The molecule has 2 rings (SSSR count). The summed E-state index contributed by atoms with van der Waals surface area (Å²) < 4.78 is 18.8. The summed E-state index contributed by atoms with van der Waals surface area (Å²) in [6, 6.07) is 6.15. The summed E-state index contributed by atoms with van der Waals surface area (Å²) in [5.41, 5.74) is 0.244. The highest BCUT2D eigenvalue weighted by Crippen LogP contribution is 2.26. The topological polar surface area (TPSA) is 85.5 Å². The zero-order valence-electron chi connectivity index (χ0n) is 10.5. The summed E-state index contributed by atoms with van der Waals surface area (Å²) >= 11 is 0. The van der Waals surface area contributed by atoms with Crippen molar-refractivity contribution in [3.05, 3.63) is 58.0 Å². The third-order valence-electron chi connectivity index (χ3n) is 2.58. The maximum absolute atomic E-state index is 13.6. The third-order valence-corrected chi connectivity index (χ3v) is 2.58. The molecule has 0 aliphatic carbocycles. The second kappa shape index (κ2) is 5.62. The molecule has 1 heterocycles. The maximum atomic E-state index is 13.6. The van der Waals surface area contributed by atoms with Crippen molar-refractivity contribution in [3.8, 4) is 11.6 Å². The van der Waals surface area contributed by atoms with Crippen molar-refractivity contribution in [2.75, 3.05) is 0 Å². The Labute approximate surface area is 113 Å². The van der Waals surface area contributed by atoms with Crippen LogP contribution in [0.4, 0.5) is 10.1 Å². The van der Waals surface area contributed by atoms with Crippen molar-refractivity contribution in [2.45, 2.75) is 13.0 Å². The fraction of sp³-hybridized carbons (Fsp3) is 0.154. The standard InChI is InChI=1S/C13H11FN2O4/c1-8(17)9-2-5-13(15-7-9)20-12-4-3-10(16(18)19)6-11(12)14/h2-8,17H,1H3. The summed E-state index contributed by atoms with van der Waals surface area (Å²) in [5.74, 6) is -0.879. The van der Waals surface area contributed by atoms with Gasteiger partial charge >= 0.3 is 0 Å². The van der Waals surface area contributed by atoms with Gasteiger partial charge in [0.25, 0.3) is 5.69 Å². The number of aliphatic hydroxyl groups is 1. The van der Waals surface area contributed by atoms with Gasteiger partial charge in [0.05, 0.1) is 17.1 Å². The highest BCUT2D eigenvalue weighted by Gasteiger charge is 2.12. The van der Waals surface area contributed by atoms with E-state index >= 15 is 0 Å². The van der Waals surface area contributed by atoms with E-state index in [0.29, 0.717) is 5.56 Å². The van der Waals surface area contributed by atoms with Gasteiger partial charge < -0.3 is 9.84 Å². The number of hydrogen-bond donors (Lipinski definition) is 1. The van der Waals surface area contributed by atoms with E-state index in [1.165, 1.54) is 12.3 Å². The summed E-state index contributed by atoms with van der Waals surface area (Å²) in [5, 5.41) is 19.8. The number of nitro benzene ring substituents is 1. The summed E-state index contributed by atoms with van der Waals surface area (Å²) in [6.07, 6.45) is 0.746. The molecule has 0 bridgehead atoms. The van der Waals surface area contributed by atoms with Crippen LogP contribution in [0.15, 0.2) is 36.5 Å². The second-order valence-corrected chi connectivity index (χ2v) is 4.08. The van der Waals surface area contributed by atoms with Crippen molar-refractivity contribution in [2.24, 2.45) is 0 Å². The summed E-state index contributed by atoms with van der Waals surface area (Å²) in [4.78, 5) is 13.7. The molecule has 1 N–H and O–H groups in total. The smallest absolute Gasteiger partial charge is 0.272 e. The van der Waals surface area contributed by atoms with Crippen LogP contribution in [0.1, 0.15) is 18.6 Å². The molecule has 1 unspecified atom stereocenters. The number of non-ortho nitro benzene ring substituents is 1. The van der Waals surface area contributed by atoms with Crippen molar-refractivity contribution in [1.29, 1.82) is 0 Å². The maximum Gasteiger partial charge on any atom is 0.272 e. The van der Waals surface area contributed by atoms with E-state index in [1.54, 1.807) is 13.0 Å². The number of halogens is 1. The molecule has 1 atom stereocenters. The van der Waals surface area contributed by atoms with Gasteiger partial charge in [-0.1, -0.05) is 0 Å². The van der Waals surface area contributed by atoms with Gasteiger partial charge in [-0.15, -0.1) is 0 Å².